The van der Waals surface area contributed by atoms with Crippen molar-refractivity contribution in [3.05, 3.63) is 28.7 Å². The molecule has 3 nitrogen and oxygen atoms in total. The molecule has 4 heteroatoms. The van der Waals surface area contributed by atoms with E-state index in [-0.39, 0.29) is 0 Å². The molecule has 0 saturated heterocycles. The summed E-state index contributed by atoms with van der Waals surface area (Å²) in [6.45, 7) is 0.877. The molecule has 0 atom stereocenters. The van der Waals surface area contributed by atoms with Crippen LogP contribution in [0.5, 0.6) is 0 Å². The Balaban J connectivity index is 2.26. The summed E-state index contributed by atoms with van der Waals surface area (Å²) in [5.41, 5.74) is 6.68. The third kappa shape index (κ3) is 1.83. The zero-order valence-electron chi connectivity index (χ0n) is 7.07. The summed E-state index contributed by atoms with van der Waals surface area (Å²) in [5.74, 6) is 0.708. The lowest BCUT2D eigenvalue weighted by Gasteiger charge is -2.12. The van der Waals surface area contributed by atoms with E-state index in [2.05, 4.69) is 21.0 Å². The van der Waals surface area contributed by atoms with Crippen LogP contribution >= 0.6 is 15.9 Å². The first-order valence-electron chi connectivity index (χ1n) is 4.12. The maximum absolute atomic E-state index is 5.60. The summed E-state index contributed by atoms with van der Waals surface area (Å²) in [7, 11) is 0. The zero-order chi connectivity index (χ0) is 9.26. The molecule has 1 aliphatic heterocycles. The van der Waals surface area contributed by atoms with Crippen molar-refractivity contribution in [1.82, 2.24) is 0 Å². The third-order valence-electron chi connectivity index (χ3n) is 1.94. The van der Waals surface area contributed by atoms with Crippen LogP contribution in [0, 0.1) is 0 Å². The molecule has 1 aromatic carbocycles. The van der Waals surface area contributed by atoms with Crippen LogP contribution < -0.4 is 10.7 Å². The van der Waals surface area contributed by atoms with Crippen molar-refractivity contribution in [3.63, 3.8) is 0 Å². The highest BCUT2D eigenvalue weighted by Crippen LogP contribution is 2.22. The second kappa shape index (κ2) is 3.38. The van der Waals surface area contributed by atoms with Gasteiger partial charge in [0.05, 0.1) is 5.69 Å². The van der Waals surface area contributed by atoms with Crippen LogP contribution in [-0.4, -0.2) is 12.4 Å². The van der Waals surface area contributed by atoms with Crippen molar-refractivity contribution in [3.8, 4) is 0 Å². The Morgan fingerprint density at radius 2 is 2.31 bits per heavy atom. The molecule has 13 heavy (non-hydrogen) atoms. The quantitative estimate of drug-likeness (QED) is 0.814. The van der Waals surface area contributed by atoms with E-state index < -0.39 is 0 Å². The molecule has 0 aromatic heterocycles. The molecular formula is C9H10BrN3. The normalized spacial score (nSPS) is 16.1. The van der Waals surface area contributed by atoms with Crippen molar-refractivity contribution in [2.24, 2.45) is 10.8 Å². The number of nitrogens with zero attached hydrogens (tertiary/aromatic N) is 2. The average molecular weight is 240 g/mol. The van der Waals surface area contributed by atoms with E-state index in [0.29, 0.717) is 5.84 Å². The number of anilines is 1. The van der Waals surface area contributed by atoms with Crippen LogP contribution in [0.25, 0.3) is 0 Å². The lowest BCUT2D eigenvalue weighted by Crippen LogP contribution is -2.11. The van der Waals surface area contributed by atoms with Gasteiger partial charge in [0.2, 0.25) is 0 Å². The number of nitrogens with two attached hydrogens (primary N) is 1. The molecule has 0 radical (unpaired) electrons. The maximum atomic E-state index is 5.60. The fourth-order valence-corrected chi connectivity index (χ4v) is 1.69. The number of hydrogen-bond acceptors (Lipinski definition) is 3. The van der Waals surface area contributed by atoms with E-state index in [1.807, 2.05) is 29.3 Å². The van der Waals surface area contributed by atoms with Crippen LogP contribution in [0.1, 0.15) is 6.42 Å². The molecule has 0 amide bonds. The SMILES string of the molecule is NC1=NN(c2cccc(Br)c2)CC1. The Labute approximate surface area is 85.4 Å². The summed E-state index contributed by atoms with van der Waals surface area (Å²) in [6, 6.07) is 8.03. The molecule has 1 aromatic rings. The monoisotopic (exact) mass is 239 g/mol. The fourth-order valence-electron chi connectivity index (χ4n) is 1.30. The van der Waals surface area contributed by atoms with Crippen molar-refractivity contribution < 1.29 is 0 Å². The van der Waals surface area contributed by atoms with Crippen molar-refractivity contribution in [1.29, 1.82) is 0 Å². The predicted octanol–water partition coefficient (Wildman–Crippen LogP) is 1.93. The van der Waals surface area contributed by atoms with Gasteiger partial charge in [-0.15, -0.1) is 0 Å². The van der Waals surface area contributed by atoms with E-state index >= 15 is 0 Å². The highest BCUT2D eigenvalue weighted by Gasteiger charge is 2.12. The zero-order valence-corrected chi connectivity index (χ0v) is 8.66. The lowest BCUT2D eigenvalue weighted by molar-refractivity contribution is 0.921. The Morgan fingerprint density at radius 3 is 2.92 bits per heavy atom. The Morgan fingerprint density at radius 1 is 1.46 bits per heavy atom. The van der Waals surface area contributed by atoms with Gasteiger partial charge in [-0.2, -0.15) is 5.10 Å². The van der Waals surface area contributed by atoms with Crippen molar-refractivity contribution in [2.45, 2.75) is 6.42 Å². The first-order valence-corrected chi connectivity index (χ1v) is 4.91. The van der Waals surface area contributed by atoms with Gasteiger partial charge < -0.3 is 5.73 Å². The number of rotatable bonds is 1. The van der Waals surface area contributed by atoms with Gasteiger partial charge in [-0.25, -0.2) is 0 Å². The minimum Gasteiger partial charge on any atom is -0.386 e. The van der Waals surface area contributed by atoms with E-state index in [1.165, 1.54) is 0 Å². The molecule has 0 spiro atoms. The first-order chi connectivity index (χ1) is 6.25. The second-order valence-electron chi connectivity index (χ2n) is 2.94. The van der Waals surface area contributed by atoms with Crippen molar-refractivity contribution in [2.75, 3.05) is 11.6 Å². The van der Waals surface area contributed by atoms with E-state index in [1.54, 1.807) is 0 Å². The van der Waals surface area contributed by atoms with E-state index in [4.69, 9.17) is 5.73 Å². The van der Waals surface area contributed by atoms with Gasteiger partial charge in [0.1, 0.15) is 5.84 Å². The van der Waals surface area contributed by atoms with Crippen LogP contribution in [0.2, 0.25) is 0 Å². The first kappa shape index (κ1) is 8.56. The van der Waals surface area contributed by atoms with E-state index in [9.17, 15) is 0 Å². The number of amidine groups is 1. The van der Waals surface area contributed by atoms with Gasteiger partial charge in [0.15, 0.2) is 0 Å². The molecule has 0 bridgehead atoms. The highest BCUT2D eigenvalue weighted by molar-refractivity contribution is 9.10. The average Bonchev–Trinajstić information content (AvgIpc) is 2.52. The molecular weight excluding hydrogens is 230 g/mol. The summed E-state index contributed by atoms with van der Waals surface area (Å²) in [4.78, 5) is 0. The maximum Gasteiger partial charge on any atom is 0.122 e. The van der Waals surface area contributed by atoms with Crippen LogP contribution in [0.3, 0.4) is 0 Å². The minimum absolute atomic E-state index is 0.708. The summed E-state index contributed by atoms with van der Waals surface area (Å²) in [5, 5.41) is 6.12. The molecule has 1 heterocycles. The summed E-state index contributed by atoms with van der Waals surface area (Å²) >= 11 is 3.42. The number of halogens is 1. The molecule has 2 N–H and O–H groups in total. The largest absolute Gasteiger partial charge is 0.386 e. The van der Waals surface area contributed by atoms with Crippen LogP contribution in [0.15, 0.2) is 33.8 Å². The molecule has 2 rings (SSSR count). The minimum atomic E-state index is 0.708. The Hall–Kier alpha value is -1.03. The standard InChI is InChI=1S/C9H10BrN3/c10-7-2-1-3-8(6-7)13-5-4-9(11)12-13/h1-3,6H,4-5H2,(H2,11,12). The summed E-state index contributed by atoms with van der Waals surface area (Å²) in [6.07, 6.45) is 0.854. The number of hydrogen-bond donors (Lipinski definition) is 1. The topological polar surface area (TPSA) is 41.6 Å². The number of hydrazone groups is 1. The molecule has 1 aliphatic rings. The lowest BCUT2D eigenvalue weighted by atomic mass is 10.3. The molecule has 0 saturated carbocycles. The van der Waals surface area contributed by atoms with E-state index in [0.717, 1.165) is 23.1 Å². The van der Waals surface area contributed by atoms with Crippen molar-refractivity contribution >= 4 is 27.5 Å². The van der Waals surface area contributed by atoms with Gasteiger partial charge in [-0.3, -0.25) is 5.01 Å². The molecule has 0 unspecified atom stereocenters. The van der Waals surface area contributed by atoms with Gasteiger partial charge in [-0.1, -0.05) is 22.0 Å². The van der Waals surface area contributed by atoms with Crippen LogP contribution in [-0.2, 0) is 0 Å². The summed E-state index contributed by atoms with van der Waals surface area (Å²) < 4.78 is 1.06. The fraction of sp³-hybridized carbons (Fsp3) is 0.222. The molecule has 0 fully saturated rings. The molecule has 0 aliphatic carbocycles. The van der Waals surface area contributed by atoms with Gasteiger partial charge >= 0.3 is 0 Å². The molecule has 68 valence electrons. The smallest absolute Gasteiger partial charge is 0.122 e. The van der Waals surface area contributed by atoms with Gasteiger partial charge in [0, 0.05) is 17.4 Å². The van der Waals surface area contributed by atoms with Gasteiger partial charge in [-0.05, 0) is 18.2 Å². The Bertz CT molecular complexity index is 348. The third-order valence-corrected chi connectivity index (χ3v) is 2.43. The Kier molecular flexibility index (Phi) is 2.22. The number of benzene rings is 1. The predicted molar refractivity (Wildman–Crippen MR) is 57.7 cm³/mol. The van der Waals surface area contributed by atoms with Gasteiger partial charge in [0.25, 0.3) is 0 Å². The highest BCUT2D eigenvalue weighted by atomic mass is 79.9. The second-order valence-corrected chi connectivity index (χ2v) is 3.86. The van der Waals surface area contributed by atoms with Crippen LogP contribution in [0.4, 0.5) is 5.69 Å².